The molecule has 3 heteroatoms. The van der Waals surface area contributed by atoms with Gasteiger partial charge in [-0.05, 0) is 37.8 Å². The molecule has 0 spiro atoms. The molecule has 1 atom stereocenters. The fraction of sp³-hybridized carbons (Fsp3) is 0.571. The molecular formula is C14H19ClFN. The predicted octanol–water partition coefficient (Wildman–Crippen LogP) is 4.15. The van der Waals surface area contributed by atoms with E-state index in [1.165, 1.54) is 31.7 Å². The summed E-state index contributed by atoms with van der Waals surface area (Å²) in [6.45, 7) is 2.78. The number of benzene rings is 1. The quantitative estimate of drug-likeness (QED) is 0.852. The Bertz CT molecular complexity index is 374. The largest absolute Gasteiger partial charge is 0.310 e. The van der Waals surface area contributed by atoms with E-state index in [1.807, 2.05) is 0 Å². The Morgan fingerprint density at radius 1 is 1.41 bits per heavy atom. The molecule has 1 aliphatic rings. The topological polar surface area (TPSA) is 12.0 Å². The van der Waals surface area contributed by atoms with Gasteiger partial charge in [0.25, 0.3) is 0 Å². The second-order valence-electron chi connectivity index (χ2n) is 4.95. The van der Waals surface area contributed by atoms with Gasteiger partial charge in [0, 0.05) is 23.2 Å². The molecule has 94 valence electrons. The molecule has 1 aromatic carbocycles. The molecule has 0 aromatic heterocycles. The molecule has 1 aromatic rings. The minimum absolute atomic E-state index is 0.219. The number of rotatable bonds is 4. The SMILES string of the molecule is C[C@H](NCc1ccc(Cl)cc1F)C1CCCC1. The Balaban J connectivity index is 1.88. The summed E-state index contributed by atoms with van der Waals surface area (Å²) < 4.78 is 13.6. The molecule has 0 heterocycles. The molecule has 2 rings (SSSR count). The average molecular weight is 256 g/mol. The lowest BCUT2D eigenvalue weighted by molar-refractivity contribution is 0.378. The second kappa shape index (κ2) is 5.83. The van der Waals surface area contributed by atoms with E-state index in [-0.39, 0.29) is 5.82 Å². The molecule has 0 bridgehead atoms. The molecule has 1 saturated carbocycles. The summed E-state index contributed by atoms with van der Waals surface area (Å²) in [5.41, 5.74) is 0.694. The lowest BCUT2D eigenvalue weighted by atomic mass is 9.99. The van der Waals surface area contributed by atoms with Gasteiger partial charge in [-0.15, -0.1) is 0 Å². The zero-order valence-electron chi connectivity index (χ0n) is 10.2. The van der Waals surface area contributed by atoms with Crippen LogP contribution in [0, 0.1) is 11.7 Å². The molecule has 1 nitrogen and oxygen atoms in total. The summed E-state index contributed by atoms with van der Waals surface area (Å²) in [5, 5.41) is 3.87. The maximum atomic E-state index is 13.6. The van der Waals surface area contributed by atoms with Crippen molar-refractivity contribution in [2.75, 3.05) is 0 Å². The van der Waals surface area contributed by atoms with Crippen LogP contribution in [0.15, 0.2) is 18.2 Å². The highest BCUT2D eigenvalue weighted by molar-refractivity contribution is 6.30. The summed E-state index contributed by atoms with van der Waals surface area (Å²) in [4.78, 5) is 0. The summed E-state index contributed by atoms with van der Waals surface area (Å²) >= 11 is 5.72. The predicted molar refractivity (Wildman–Crippen MR) is 69.7 cm³/mol. The molecule has 1 aliphatic carbocycles. The Kier molecular flexibility index (Phi) is 4.41. The van der Waals surface area contributed by atoms with Gasteiger partial charge in [0.05, 0.1) is 0 Å². The highest BCUT2D eigenvalue weighted by Gasteiger charge is 2.21. The van der Waals surface area contributed by atoms with Crippen molar-refractivity contribution in [1.29, 1.82) is 0 Å². The van der Waals surface area contributed by atoms with Crippen molar-refractivity contribution in [2.45, 2.75) is 45.2 Å². The van der Waals surface area contributed by atoms with Crippen LogP contribution in [-0.4, -0.2) is 6.04 Å². The summed E-state index contributed by atoms with van der Waals surface area (Å²) in [5.74, 6) is 0.536. The molecular weight excluding hydrogens is 237 g/mol. The van der Waals surface area contributed by atoms with Crippen LogP contribution in [0.2, 0.25) is 5.02 Å². The van der Waals surface area contributed by atoms with Crippen LogP contribution in [0.5, 0.6) is 0 Å². The first-order valence-electron chi connectivity index (χ1n) is 6.34. The Morgan fingerprint density at radius 2 is 2.12 bits per heavy atom. The second-order valence-corrected chi connectivity index (χ2v) is 5.39. The van der Waals surface area contributed by atoms with Crippen molar-refractivity contribution in [3.63, 3.8) is 0 Å². The maximum absolute atomic E-state index is 13.6. The van der Waals surface area contributed by atoms with E-state index in [4.69, 9.17) is 11.6 Å². The molecule has 0 aliphatic heterocycles. The number of halogens is 2. The fourth-order valence-electron chi connectivity index (χ4n) is 2.56. The van der Waals surface area contributed by atoms with Gasteiger partial charge >= 0.3 is 0 Å². The molecule has 0 unspecified atom stereocenters. The Labute approximate surface area is 107 Å². The van der Waals surface area contributed by atoms with Crippen molar-refractivity contribution in [3.8, 4) is 0 Å². The number of hydrogen-bond acceptors (Lipinski definition) is 1. The lowest BCUT2D eigenvalue weighted by Crippen LogP contribution is -2.32. The van der Waals surface area contributed by atoms with E-state index in [1.54, 1.807) is 12.1 Å². The number of nitrogens with one attached hydrogen (secondary N) is 1. The van der Waals surface area contributed by atoms with Crippen molar-refractivity contribution >= 4 is 11.6 Å². The maximum Gasteiger partial charge on any atom is 0.129 e. The van der Waals surface area contributed by atoms with E-state index in [0.29, 0.717) is 23.2 Å². The van der Waals surface area contributed by atoms with Gasteiger partial charge < -0.3 is 5.32 Å². The van der Waals surface area contributed by atoms with E-state index in [2.05, 4.69) is 12.2 Å². The van der Waals surface area contributed by atoms with Crippen molar-refractivity contribution in [1.82, 2.24) is 5.32 Å². The third-order valence-corrected chi connectivity index (χ3v) is 3.97. The minimum atomic E-state index is -0.219. The van der Waals surface area contributed by atoms with Gasteiger partial charge in [-0.3, -0.25) is 0 Å². The Hall–Kier alpha value is -0.600. The fourth-order valence-corrected chi connectivity index (χ4v) is 2.72. The zero-order chi connectivity index (χ0) is 12.3. The van der Waals surface area contributed by atoms with Crippen LogP contribution in [0.4, 0.5) is 4.39 Å². The highest BCUT2D eigenvalue weighted by atomic mass is 35.5. The molecule has 0 amide bonds. The van der Waals surface area contributed by atoms with E-state index < -0.39 is 0 Å². The van der Waals surface area contributed by atoms with Crippen molar-refractivity contribution in [2.24, 2.45) is 5.92 Å². The first-order chi connectivity index (χ1) is 8.16. The third kappa shape index (κ3) is 3.43. The lowest BCUT2D eigenvalue weighted by Gasteiger charge is -2.20. The Morgan fingerprint density at radius 3 is 2.76 bits per heavy atom. The van der Waals surface area contributed by atoms with Crippen LogP contribution >= 0.6 is 11.6 Å². The molecule has 0 saturated heterocycles. The van der Waals surface area contributed by atoms with E-state index in [0.717, 1.165) is 5.92 Å². The molecule has 1 fully saturated rings. The first kappa shape index (κ1) is 12.8. The first-order valence-corrected chi connectivity index (χ1v) is 6.72. The van der Waals surface area contributed by atoms with Crippen LogP contribution in [0.1, 0.15) is 38.2 Å². The van der Waals surface area contributed by atoms with Crippen LogP contribution in [0.25, 0.3) is 0 Å². The van der Waals surface area contributed by atoms with Gasteiger partial charge in [-0.2, -0.15) is 0 Å². The standard InChI is InChI=1S/C14H19ClFN/c1-10(11-4-2-3-5-11)17-9-12-6-7-13(15)8-14(12)16/h6-8,10-11,17H,2-5,9H2,1H3/t10-/m0/s1. The molecule has 17 heavy (non-hydrogen) atoms. The third-order valence-electron chi connectivity index (χ3n) is 3.74. The molecule has 0 radical (unpaired) electrons. The smallest absolute Gasteiger partial charge is 0.129 e. The summed E-state index contributed by atoms with van der Waals surface area (Å²) in [6, 6.07) is 5.33. The average Bonchev–Trinajstić information content (AvgIpc) is 2.81. The highest BCUT2D eigenvalue weighted by Crippen LogP contribution is 2.27. The summed E-state index contributed by atoms with van der Waals surface area (Å²) in [6.07, 6.45) is 5.28. The van der Waals surface area contributed by atoms with Gasteiger partial charge in [-0.25, -0.2) is 4.39 Å². The summed E-state index contributed by atoms with van der Waals surface area (Å²) in [7, 11) is 0. The van der Waals surface area contributed by atoms with Crippen molar-refractivity contribution < 1.29 is 4.39 Å². The monoisotopic (exact) mass is 255 g/mol. The van der Waals surface area contributed by atoms with Gasteiger partial charge in [0.1, 0.15) is 5.82 Å². The van der Waals surface area contributed by atoms with Crippen LogP contribution < -0.4 is 5.32 Å². The van der Waals surface area contributed by atoms with Gasteiger partial charge in [0.15, 0.2) is 0 Å². The van der Waals surface area contributed by atoms with Gasteiger partial charge in [-0.1, -0.05) is 30.5 Å². The number of hydrogen-bond donors (Lipinski definition) is 1. The van der Waals surface area contributed by atoms with E-state index in [9.17, 15) is 4.39 Å². The van der Waals surface area contributed by atoms with E-state index >= 15 is 0 Å². The van der Waals surface area contributed by atoms with Crippen LogP contribution in [-0.2, 0) is 6.54 Å². The van der Waals surface area contributed by atoms with Crippen molar-refractivity contribution in [3.05, 3.63) is 34.6 Å². The van der Waals surface area contributed by atoms with Crippen LogP contribution in [0.3, 0.4) is 0 Å². The minimum Gasteiger partial charge on any atom is -0.310 e. The molecule has 1 N–H and O–H groups in total. The zero-order valence-corrected chi connectivity index (χ0v) is 10.9. The van der Waals surface area contributed by atoms with Gasteiger partial charge in [0.2, 0.25) is 0 Å². The normalized spacial score (nSPS) is 18.5.